The Morgan fingerprint density at radius 3 is 2.44 bits per heavy atom. The molecule has 10 nitrogen and oxygen atoms in total. The lowest BCUT2D eigenvalue weighted by atomic mass is 10.2. The van der Waals surface area contributed by atoms with E-state index in [9.17, 15) is 31.5 Å². The van der Waals surface area contributed by atoms with Crippen LogP contribution in [0.3, 0.4) is 0 Å². The third-order valence-corrected chi connectivity index (χ3v) is 4.21. The molecule has 0 fully saturated rings. The van der Waals surface area contributed by atoms with Crippen molar-refractivity contribution >= 4 is 28.8 Å². The van der Waals surface area contributed by atoms with Crippen molar-refractivity contribution in [2.75, 3.05) is 18.5 Å². The first-order chi connectivity index (χ1) is 16.8. The molecule has 0 radical (unpaired) electrons. The van der Waals surface area contributed by atoms with Crippen molar-refractivity contribution in [1.82, 2.24) is 14.5 Å². The number of ether oxygens (including phenoxy) is 1. The number of rotatable bonds is 6. The van der Waals surface area contributed by atoms with Crippen LogP contribution in [0.5, 0.6) is 0 Å². The predicted molar refractivity (Wildman–Crippen MR) is 117 cm³/mol. The van der Waals surface area contributed by atoms with Gasteiger partial charge in [0.15, 0.2) is 17.3 Å². The van der Waals surface area contributed by atoms with Crippen LogP contribution in [0.1, 0.15) is 24.2 Å². The fourth-order valence-electron chi connectivity index (χ4n) is 2.67. The van der Waals surface area contributed by atoms with Crippen LogP contribution in [0.4, 0.5) is 27.8 Å². The first kappa shape index (κ1) is 28.1. The summed E-state index contributed by atoms with van der Waals surface area (Å²) >= 11 is 0. The largest absolute Gasteiger partial charge is 0.490 e. The number of nitrogens with zero attached hydrogens (tertiary/aromatic N) is 3. The summed E-state index contributed by atoms with van der Waals surface area (Å²) in [6, 6.07) is 3.49. The summed E-state index contributed by atoms with van der Waals surface area (Å²) in [4.78, 5) is 42.0. The maximum Gasteiger partial charge on any atom is 0.490 e. The molecule has 15 heteroatoms. The molecule has 0 saturated carbocycles. The number of aliphatic carboxylic acids is 1. The molecule has 36 heavy (non-hydrogen) atoms. The van der Waals surface area contributed by atoms with Gasteiger partial charge in [-0.2, -0.15) is 13.2 Å². The summed E-state index contributed by atoms with van der Waals surface area (Å²) < 4.78 is 65.5. The van der Waals surface area contributed by atoms with E-state index >= 15 is 0 Å². The zero-order valence-corrected chi connectivity index (χ0v) is 18.8. The summed E-state index contributed by atoms with van der Waals surface area (Å²) in [6.07, 6.45) is -3.17. The molecule has 0 spiro atoms. The minimum Gasteiger partial charge on any atom is -0.475 e. The van der Waals surface area contributed by atoms with E-state index in [-0.39, 0.29) is 35.1 Å². The Morgan fingerprint density at radius 1 is 1.28 bits per heavy atom. The molecule has 194 valence electrons. The number of halogens is 5. The van der Waals surface area contributed by atoms with E-state index in [2.05, 4.69) is 15.3 Å². The second-order valence-corrected chi connectivity index (χ2v) is 7.15. The quantitative estimate of drug-likeness (QED) is 0.331. The van der Waals surface area contributed by atoms with Gasteiger partial charge in [0.05, 0.1) is 18.2 Å². The highest BCUT2D eigenvalue weighted by molar-refractivity contribution is 5.93. The Hall–Kier alpha value is -4.14. The number of nitrogens with one attached hydrogen (secondary N) is 1. The smallest absolute Gasteiger partial charge is 0.475 e. The number of anilines is 1. The molecule has 0 aromatic carbocycles. The molecule has 3 rings (SSSR count). The van der Waals surface area contributed by atoms with Crippen LogP contribution >= 0.6 is 0 Å². The normalized spacial score (nSPS) is 11.9. The Balaban J connectivity index is 0.000000572. The van der Waals surface area contributed by atoms with Crippen molar-refractivity contribution in [3.63, 3.8) is 0 Å². The molecule has 0 amide bonds. The van der Waals surface area contributed by atoms with Gasteiger partial charge < -0.3 is 20.9 Å². The van der Waals surface area contributed by atoms with Crippen molar-refractivity contribution in [2.24, 2.45) is 5.73 Å². The monoisotopic (exact) mass is 517 g/mol. The van der Waals surface area contributed by atoms with Crippen LogP contribution in [0.15, 0.2) is 35.4 Å². The molecular formula is C21H20F5N5O5. The van der Waals surface area contributed by atoms with Crippen LogP contribution in [0.2, 0.25) is 0 Å². The average molecular weight is 517 g/mol. The lowest BCUT2D eigenvalue weighted by Gasteiger charge is -2.14. The Kier molecular flexibility index (Phi) is 9.00. The van der Waals surface area contributed by atoms with Gasteiger partial charge in [-0.1, -0.05) is 0 Å². The second kappa shape index (κ2) is 11.5. The fourth-order valence-corrected chi connectivity index (χ4v) is 2.67. The molecule has 0 unspecified atom stereocenters. The summed E-state index contributed by atoms with van der Waals surface area (Å²) in [5.74, 6) is -5.41. The van der Waals surface area contributed by atoms with E-state index in [1.54, 1.807) is 19.9 Å². The lowest BCUT2D eigenvalue weighted by molar-refractivity contribution is -0.192. The maximum atomic E-state index is 14.4. The van der Waals surface area contributed by atoms with Gasteiger partial charge in [0, 0.05) is 24.8 Å². The number of aromatic nitrogens is 3. The third kappa shape index (κ3) is 6.94. The topological polar surface area (TPSA) is 149 Å². The number of pyridine rings is 3. The van der Waals surface area contributed by atoms with E-state index in [1.807, 2.05) is 0 Å². The van der Waals surface area contributed by atoms with Crippen LogP contribution in [0.25, 0.3) is 16.9 Å². The van der Waals surface area contributed by atoms with Gasteiger partial charge in [0.25, 0.3) is 0 Å². The van der Waals surface area contributed by atoms with Crippen molar-refractivity contribution < 1.29 is 41.4 Å². The number of carbonyl (C=O) groups is 2. The summed E-state index contributed by atoms with van der Waals surface area (Å²) in [5.41, 5.74) is 4.82. The molecule has 3 aromatic rings. The van der Waals surface area contributed by atoms with E-state index in [0.717, 1.165) is 17.0 Å². The predicted octanol–water partition coefficient (Wildman–Crippen LogP) is 2.63. The second-order valence-electron chi connectivity index (χ2n) is 7.15. The zero-order chi connectivity index (χ0) is 27.2. The molecule has 0 saturated heterocycles. The van der Waals surface area contributed by atoms with Crippen molar-refractivity contribution in [3.8, 4) is 5.82 Å². The van der Waals surface area contributed by atoms with Crippen molar-refractivity contribution in [3.05, 3.63) is 58.0 Å². The van der Waals surface area contributed by atoms with E-state index in [1.165, 1.54) is 6.07 Å². The highest BCUT2D eigenvalue weighted by Crippen LogP contribution is 2.20. The number of hydrogen-bond donors (Lipinski definition) is 3. The highest BCUT2D eigenvalue weighted by Gasteiger charge is 2.38. The standard InChI is InChI=1S/C19H19F2N5O3.C2HF3O2/c1-3-29-19(28)13-9-26(18-14(21)6-11(20)8-24-18)17-12(16(13)27)4-5-15(25-17)23-7-10(2)22;3-2(4,5)1(6)7/h4-6,8-10H,3,7,22H2,1-2H3,(H,23,25);(H,6,7)/t10-;/m1./s1. The van der Waals surface area contributed by atoms with Crippen molar-refractivity contribution in [2.45, 2.75) is 26.1 Å². The van der Waals surface area contributed by atoms with E-state index in [0.29, 0.717) is 18.4 Å². The van der Waals surface area contributed by atoms with Crippen LogP contribution < -0.4 is 16.5 Å². The number of fused-ring (bicyclic) bond motifs is 1. The molecular weight excluding hydrogens is 497 g/mol. The summed E-state index contributed by atoms with van der Waals surface area (Å²) in [5, 5.41) is 10.2. The SMILES string of the molecule is CCOC(=O)c1cn(-c2ncc(F)cc2F)c2nc(NC[C@@H](C)N)ccc2c1=O.O=C(O)C(F)(F)F. The van der Waals surface area contributed by atoms with E-state index in [4.69, 9.17) is 20.4 Å². The number of nitrogens with two attached hydrogens (primary N) is 1. The van der Waals surface area contributed by atoms with Gasteiger partial charge in [0.2, 0.25) is 5.43 Å². The molecule has 3 heterocycles. The number of carboxylic acids is 1. The fraction of sp³-hybridized carbons (Fsp3) is 0.286. The van der Waals surface area contributed by atoms with Gasteiger partial charge in [-0.05, 0) is 26.0 Å². The minimum atomic E-state index is -5.08. The van der Waals surface area contributed by atoms with Crippen molar-refractivity contribution in [1.29, 1.82) is 0 Å². The van der Waals surface area contributed by atoms with Gasteiger partial charge >= 0.3 is 18.1 Å². The highest BCUT2D eigenvalue weighted by atomic mass is 19.4. The molecule has 0 aliphatic heterocycles. The molecule has 0 bridgehead atoms. The van der Waals surface area contributed by atoms with E-state index < -0.39 is 35.2 Å². The van der Waals surface area contributed by atoms with Gasteiger partial charge in [-0.3, -0.25) is 9.36 Å². The van der Waals surface area contributed by atoms with Crippen LogP contribution in [-0.4, -0.2) is 56.9 Å². The molecule has 3 aromatic heterocycles. The number of esters is 1. The number of carboxylic acid groups (broad SMARTS) is 1. The molecule has 1 atom stereocenters. The Bertz CT molecular complexity index is 1330. The summed E-state index contributed by atoms with van der Waals surface area (Å²) in [7, 11) is 0. The summed E-state index contributed by atoms with van der Waals surface area (Å²) in [6.45, 7) is 3.86. The van der Waals surface area contributed by atoms with Gasteiger partial charge in [-0.25, -0.2) is 28.3 Å². The van der Waals surface area contributed by atoms with Crippen LogP contribution in [-0.2, 0) is 9.53 Å². The molecule has 0 aliphatic rings. The number of hydrogen-bond acceptors (Lipinski definition) is 8. The lowest BCUT2D eigenvalue weighted by Crippen LogP contribution is -2.26. The van der Waals surface area contributed by atoms with Gasteiger partial charge in [-0.15, -0.1) is 0 Å². The molecule has 4 N–H and O–H groups in total. The molecule has 0 aliphatic carbocycles. The third-order valence-electron chi connectivity index (χ3n) is 4.21. The first-order valence-electron chi connectivity index (χ1n) is 10.1. The Morgan fingerprint density at radius 2 is 1.92 bits per heavy atom. The Labute approximate surface area is 199 Å². The number of alkyl halides is 3. The first-order valence-corrected chi connectivity index (χ1v) is 10.1. The zero-order valence-electron chi connectivity index (χ0n) is 18.8. The minimum absolute atomic E-state index is 0.0377. The average Bonchev–Trinajstić information content (AvgIpc) is 2.78. The maximum absolute atomic E-state index is 14.4. The number of carbonyl (C=O) groups excluding carboxylic acids is 1. The van der Waals surface area contributed by atoms with Gasteiger partial charge in [0.1, 0.15) is 17.2 Å². The van der Waals surface area contributed by atoms with Crippen LogP contribution in [0, 0.1) is 11.6 Å².